The SMILES string of the molecule is COc1ccc(NC(=O)CC2C(=O)N(c3ccccc3)C(=S)N2CCc2ccccc2)cc1. The van der Waals surface area contributed by atoms with Crippen molar-refractivity contribution in [2.24, 2.45) is 0 Å². The van der Waals surface area contributed by atoms with Crippen LogP contribution >= 0.6 is 12.2 Å². The van der Waals surface area contributed by atoms with E-state index >= 15 is 0 Å². The van der Waals surface area contributed by atoms with Crippen LogP contribution in [0.3, 0.4) is 0 Å². The maximum atomic E-state index is 13.4. The van der Waals surface area contributed by atoms with Crippen molar-refractivity contribution < 1.29 is 14.3 Å². The smallest absolute Gasteiger partial charge is 0.256 e. The Bertz CT molecular complexity index is 1120. The third kappa shape index (κ3) is 5.21. The van der Waals surface area contributed by atoms with Gasteiger partial charge in [-0.2, -0.15) is 0 Å². The molecule has 1 N–H and O–H groups in total. The third-order valence-electron chi connectivity index (χ3n) is 5.57. The number of para-hydroxylation sites is 1. The fourth-order valence-corrected chi connectivity index (χ4v) is 4.27. The molecule has 33 heavy (non-hydrogen) atoms. The van der Waals surface area contributed by atoms with Crippen molar-refractivity contribution in [2.75, 3.05) is 23.9 Å². The molecule has 1 aliphatic rings. The van der Waals surface area contributed by atoms with Gasteiger partial charge in [-0.3, -0.25) is 14.5 Å². The van der Waals surface area contributed by atoms with Gasteiger partial charge in [0.15, 0.2) is 5.11 Å². The molecule has 1 heterocycles. The standard InChI is InChI=1S/C26H25N3O3S/c1-32-22-14-12-20(13-15-22)27-24(30)18-23-25(31)29(21-10-6-3-7-11-21)26(33)28(23)17-16-19-8-4-2-5-9-19/h2-15,23H,16-18H2,1H3,(H,27,30). The molecule has 0 aliphatic carbocycles. The minimum atomic E-state index is -0.667. The summed E-state index contributed by atoms with van der Waals surface area (Å²) in [6, 6.07) is 25.7. The summed E-state index contributed by atoms with van der Waals surface area (Å²) in [7, 11) is 1.59. The van der Waals surface area contributed by atoms with Gasteiger partial charge in [-0.05, 0) is 60.6 Å². The number of nitrogens with one attached hydrogen (secondary N) is 1. The number of carbonyl (C=O) groups is 2. The van der Waals surface area contributed by atoms with Crippen molar-refractivity contribution in [1.29, 1.82) is 0 Å². The number of thiocarbonyl (C=S) groups is 1. The largest absolute Gasteiger partial charge is 0.497 e. The first kappa shape index (κ1) is 22.5. The molecule has 1 unspecified atom stereocenters. The Balaban J connectivity index is 1.52. The highest BCUT2D eigenvalue weighted by atomic mass is 32.1. The molecular formula is C26H25N3O3S. The van der Waals surface area contributed by atoms with Gasteiger partial charge in [0.05, 0.1) is 19.2 Å². The van der Waals surface area contributed by atoms with Crippen LogP contribution in [-0.4, -0.2) is 41.5 Å². The third-order valence-corrected chi connectivity index (χ3v) is 5.99. The van der Waals surface area contributed by atoms with E-state index in [-0.39, 0.29) is 18.2 Å². The van der Waals surface area contributed by atoms with E-state index in [2.05, 4.69) is 5.32 Å². The van der Waals surface area contributed by atoms with Crippen molar-refractivity contribution in [1.82, 2.24) is 4.90 Å². The second-order valence-corrected chi connectivity index (χ2v) is 8.08. The van der Waals surface area contributed by atoms with Crippen LogP contribution in [0.25, 0.3) is 0 Å². The average Bonchev–Trinajstić information content (AvgIpc) is 3.08. The van der Waals surface area contributed by atoms with Crippen LogP contribution in [0.2, 0.25) is 0 Å². The number of benzene rings is 3. The average molecular weight is 460 g/mol. The summed E-state index contributed by atoms with van der Waals surface area (Å²) in [5.41, 5.74) is 2.49. The minimum Gasteiger partial charge on any atom is -0.497 e. The zero-order chi connectivity index (χ0) is 23.2. The van der Waals surface area contributed by atoms with E-state index < -0.39 is 6.04 Å². The molecule has 1 aliphatic heterocycles. The number of methoxy groups -OCH3 is 1. The van der Waals surface area contributed by atoms with Crippen molar-refractivity contribution in [3.63, 3.8) is 0 Å². The Morgan fingerprint density at radius 1 is 0.970 bits per heavy atom. The fourth-order valence-electron chi connectivity index (χ4n) is 3.86. The van der Waals surface area contributed by atoms with Crippen LogP contribution in [0.1, 0.15) is 12.0 Å². The van der Waals surface area contributed by atoms with Gasteiger partial charge in [0.2, 0.25) is 5.91 Å². The molecule has 4 rings (SSSR count). The maximum Gasteiger partial charge on any atom is 0.256 e. The first-order valence-electron chi connectivity index (χ1n) is 10.7. The highest BCUT2D eigenvalue weighted by molar-refractivity contribution is 7.80. The molecule has 7 heteroatoms. The fraction of sp³-hybridized carbons (Fsp3) is 0.192. The molecule has 2 amide bonds. The topological polar surface area (TPSA) is 61.9 Å². The van der Waals surface area contributed by atoms with Crippen LogP contribution in [-0.2, 0) is 16.0 Å². The van der Waals surface area contributed by atoms with Gasteiger partial charge in [-0.25, -0.2) is 0 Å². The highest BCUT2D eigenvalue weighted by Gasteiger charge is 2.43. The Hall–Kier alpha value is -3.71. The molecule has 3 aromatic carbocycles. The predicted octanol–water partition coefficient (Wildman–Crippen LogP) is 4.27. The molecule has 168 valence electrons. The normalized spacial score (nSPS) is 15.6. The summed E-state index contributed by atoms with van der Waals surface area (Å²) in [6.07, 6.45) is 0.719. The van der Waals surface area contributed by atoms with Crippen molar-refractivity contribution in [3.8, 4) is 5.75 Å². The second-order valence-electron chi connectivity index (χ2n) is 7.72. The number of carbonyl (C=O) groups excluding carboxylic acids is 2. The van der Waals surface area contributed by atoms with Gasteiger partial charge in [-0.15, -0.1) is 0 Å². The van der Waals surface area contributed by atoms with Crippen molar-refractivity contribution >= 4 is 40.5 Å². The summed E-state index contributed by atoms with van der Waals surface area (Å²) in [6.45, 7) is 0.540. The molecule has 0 bridgehead atoms. The number of hydrogen-bond donors (Lipinski definition) is 1. The maximum absolute atomic E-state index is 13.4. The number of rotatable bonds is 8. The number of hydrogen-bond acceptors (Lipinski definition) is 4. The van der Waals surface area contributed by atoms with Crippen molar-refractivity contribution in [3.05, 3.63) is 90.5 Å². The van der Waals surface area contributed by atoms with Crippen LogP contribution in [0.15, 0.2) is 84.9 Å². The van der Waals surface area contributed by atoms with Crippen LogP contribution in [0.4, 0.5) is 11.4 Å². The van der Waals surface area contributed by atoms with Crippen LogP contribution < -0.4 is 15.0 Å². The van der Waals surface area contributed by atoms with Crippen LogP contribution in [0, 0.1) is 0 Å². The number of ether oxygens (including phenoxy) is 1. The van der Waals surface area contributed by atoms with Crippen molar-refractivity contribution in [2.45, 2.75) is 18.9 Å². The summed E-state index contributed by atoms with van der Waals surface area (Å²) in [5.74, 6) is 0.264. The monoisotopic (exact) mass is 459 g/mol. The summed E-state index contributed by atoms with van der Waals surface area (Å²) < 4.78 is 5.16. The predicted molar refractivity (Wildman–Crippen MR) is 133 cm³/mol. The van der Waals surface area contributed by atoms with E-state index in [9.17, 15) is 9.59 Å². The lowest BCUT2D eigenvalue weighted by atomic mass is 10.1. The van der Waals surface area contributed by atoms with Gasteiger partial charge in [0.1, 0.15) is 11.8 Å². The zero-order valence-corrected chi connectivity index (χ0v) is 19.1. The lowest BCUT2D eigenvalue weighted by Crippen LogP contribution is -2.39. The van der Waals surface area contributed by atoms with E-state index in [4.69, 9.17) is 17.0 Å². The molecule has 0 spiro atoms. The van der Waals surface area contributed by atoms with E-state index in [0.29, 0.717) is 35.2 Å². The quantitative estimate of drug-likeness (QED) is 0.510. The van der Waals surface area contributed by atoms with Gasteiger partial charge in [0, 0.05) is 12.2 Å². The molecule has 1 saturated heterocycles. The summed E-state index contributed by atoms with van der Waals surface area (Å²) >= 11 is 5.71. The molecule has 6 nitrogen and oxygen atoms in total. The van der Waals surface area contributed by atoms with Gasteiger partial charge in [0.25, 0.3) is 5.91 Å². The van der Waals surface area contributed by atoms with E-state index in [1.165, 1.54) is 4.90 Å². The minimum absolute atomic E-state index is 0.00310. The summed E-state index contributed by atoms with van der Waals surface area (Å²) in [5, 5.41) is 3.29. The summed E-state index contributed by atoms with van der Waals surface area (Å²) in [4.78, 5) is 29.7. The van der Waals surface area contributed by atoms with E-state index in [0.717, 1.165) is 5.56 Å². The van der Waals surface area contributed by atoms with E-state index in [1.54, 1.807) is 31.4 Å². The van der Waals surface area contributed by atoms with Gasteiger partial charge in [-0.1, -0.05) is 48.5 Å². The molecule has 0 aromatic heterocycles. The lowest BCUT2D eigenvalue weighted by Gasteiger charge is -2.24. The first-order valence-corrected chi connectivity index (χ1v) is 11.1. The molecule has 1 atom stereocenters. The number of anilines is 2. The number of amides is 2. The van der Waals surface area contributed by atoms with E-state index in [1.807, 2.05) is 65.6 Å². The van der Waals surface area contributed by atoms with Gasteiger partial charge < -0.3 is 15.0 Å². The highest BCUT2D eigenvalue weighted by Crippen LogP contribution is 2.27. The zero-order valence-electron chi connectivity index (χ0n) is 18.3. The molecule has 0 saturated carbocycles. The second kappa shape index (κ2) is 10.3. The molecular weight excluding hydrogens is 434 g/mol. The lowest BCUT2D eigenvalue weighted by molar-refractivity contribution is -0.124. The van der Waals surface area contributed by atoms with Gasteiger partial charge >= 0.3 is 0 Å². The molecule has 1 fully saturated rings. The number of nitrogens with zero attached hydrogens (tertiary/aromatic N) is 2. The first-order chi connectivity index (χ1) is 16.1. The molecule has 0 radical (unpaired) electrons. The Kier molecular flexibility index (Phi) is 7.00. The Morgan fingerprint density at radius 2 is 1.61 bits per heavy atom. The Labute approximate surface area is 198 Å². The Morgan fingerprint density at radius 3 is 2.24 bits per heavy atom. The molecule has 3 aromatic rings. The van der Waals surface area contributed by atoms with Crippen LogP contribution in [0.5, 0.6) is 5.75 Å².